The van der Waals surface area contributed by atoms with Crippen LogP contribution in [0.25, 0.3) is 0 Å². The van der Waals surface area contributed by atoms with Gasteiger partial charge in [0.05, 0.1) is 40.7 Å². The van der Waals surface area contributed by atoms with Crippen LogP contribution in [0.15, 0.2) is 59.1 Å². The summed E-state index contributed by atoms with van der Waals surface area (Å²) in [5.74, 6) is -1.73. The fourth-order valence-corrected chi connectivity index (χ4v) is 7.27. The monoisotopic (exact) mass is 709 g/mol. The Balaban J connectivity index is 1.57. The molecule has 12 heteroatoms. The van der Waals surface area contributed by atoms with Crippen LogP contribution in [0, 0.1) is 11.8 Å². The van der Waals surface area contributed by atoms with Crippen molar-refractivity contribution in [3.63, 3.8) is 0 Å². The van der Waals surface area contributed by atoms with E-state index in [2.05, 4.69) is 16.0 Å². The number of ether oxygens (including phenoxy) is 2. The number of esters is 1. The lowest BCUT2D eigenvalue weighted by molar-refractivity contribution is -0.156. The summed E-state index contributed by atoms with van der Waals surface area (Å²) >= 11 is 1.24. The lowest BCUT2D eigenvalue weighted by Gasteiger charge is -2.29. The molecule has 2 heterocycles. The Bertz CT molecular complexity index is 1510. The molecule has 11 nitrogen and oxygen atoms in total. The minimum atomic E-state index is -0.949. The van der Waals surface area contributed by atoms with Gasteiger partial charge in [0, 0.05) is 25.4 Å². The van der Waals surface area contributed by atoms with Crippen molar-refractivity contribution in [1.29, 1.82) is 0 Å². The number of allylic oxidation sites excluding steroid dienone is 5. The molecule has 2 bridgehead atoms. The third-order valence-electron chi connectivity index (χ3n) is 9.46. The topological polar surface area (TPSA) is 163 Å². The van der Waals surface area contributed by atoms with E-state index in [0.29, 0.717) is 41.0 Å². The van der Waals surface area contributed by atoms with Gasteiger partial charge in [-0.05, 0) is 56.7 Å². The number of aromatic hydroxyl groups is 1. The molecule has 2 aliphatic heterocycles. The van der Waals surface area contributed by atoms with Crippen LogP contribution in [0.4, 0.5) is 11.4 Å². The summed E-state index contributed by atoms with van der Waals surface area (Å²) in [6.45, 7) is 5.24. The fourth-order valence-electron chi connectivity index (χ4n) is 6.37. The van der Waals surface area contributed by atoms with Crippen LogP contribution >= 0.6 is 11.8 Å². The van der Waals surface area contributed by atoms with Crippen LogP contribution in [-0.2, 0) is 35.1 Å². The van der Waals surface area contributed by atoms with Gasteiger partial charge in [-0.2, -0.15) is 0 Å². The second kappa shape index (κ2) is 18.9. The Kier molecular flexibility index (Phi) is 14.7. The molecule has 5 N–H and O–H groups in total. The molecule has 0 spiro atoms. The maximum absolute atomic E-state index is 13.2. The number of methoxy groups -OCH3 is 1. The number of anilines is 2. The molecule has 50 heavy (non-hydrogen) atoms. The molecule has 0 radical (unpaired) electrons. The first-order valence-corrected chi connectivity index (χ1v) is 18.5. The number of hydrogen-bond donors (Lipinski definition) is 5. The molecule has 1 aromatic rings. The first kappa shape index (κ1) is 38.9. The number of aryl methyl sites for hydroxylation is 1. The largest absolute Gasteiger partial charge is 0.505 e. The molecule has 1 saturated carbocycles. The lowest BCUT2D eigenvalue weighted by Crippen LogP contribution is -2.45. The summed E-state index contributed by atoms with van der Waals surface area (Å²) < 4.78 is 11.4. The highest BCUT2D eigenvalue weighted by atomic mass is 32.2. The summed E-state index contributed by atoms with van der Waals surface area (Å²) in [5.41, 5.74) is 1.94. The van der Waals surface area contributed by atoms with Crippen LogP contribution in [0.1, 0.15) is 77.7 Å². The average Bonchev–Trinajstić information content (AvgIpc) is 3.10. The number of carbonyl (C=O) groups is 4. The highest BCUT2D eigenvalue weighted by Gasteiger charge is 2.31. The van der Waals surface area contributed by atoms with Crippen molar-refractivity contribution >= 4 is 46.8 Å². The third-order valence-corrected chi connectivity index (χ3v) is 10.6. The third kappa shape index (κ3) is 10.8. The molecular formula is C38H51N3O8S. The van der Waals surface area contributed by atoms with E-state index in [1.54, 1.807) is 44.2 Å². The second-order valence-corrected chi connectivity index (χ2v) is 14.2. The molecule has 1 aliphatic carbocycles. The predicted octanol–water partition coefficient (Wildman–Crippen LogP) is 5.73. The Labute approximate surface area is 299 Å². The van der Waals surface area contributed by atoms with Gasteiger partial charge in [-0.1, -0.05) is 68.7 Å². The van der Waals surface area contributed by atoms with Crippen LogP contribution in [0.2, 0.25) is 0 Å². The molecule has 4 rings (SSSR count). The smallest absolute Gasteiger partial charge is 0.328 e. The van der Waals surface area contributed by atoms with Crippen LogP contribution in [0.3, 0.4) is 0 Å². The highest BCUT2D eigenvalue weighted by molar-refractivity contribution is 8.00. The Hall–Kier alpha value is -3.87. The minimum Gasteiger partial charge on any atom is -0.505 e. The summed E-state index contributed by atoms with van der Waals surface area (Å²) in [6.07, 6.45) is 16.3. The van der Waals surface area contributed by atoms with Crippen molar-refractivity contribution in [1.82, 2.24) is 5.32 Å². The van der Waals surface area contributed by atoms with E-state index in [1.165, 1.54) is 18.9 Å². The number of nitrogens with one attached hydrogen (secondary N) is 3. The van der Waals surface area contributed by atoms with Crippen molar-refractivity contribution in [2.75, 3.05) is 23.5 Å². The van der Waals surface area contributed by atoms with Crippen molar-refractivity contribution in [3.8, 4) is 5.75 Å². The summed E-state index contributed by atoms with van der Waals surface area (Å²) in [7, 11) is 1.51. The van der Waals surface area contributed by atoms with E-state index in [-0.39, 0.29) is 47.3 Å². The van der Waals surface area contributed by atoms with Gasteiger partial charge in [0.15, 0.2) is 0 Å². The van der Waals surface area contributed by atoms with Gasteiger partial charge >= 0.3 is 5.97 Å². The lowest BCUT2D eigenvalue weighted by atomic mass is 9.88. The number of phenolic OH excluding ortho intramolecular Hbond substituents is 1. The average molecular weight is 710 g/mol. The molecule has 272 valence electrons. The molecule has 0 saturated heterocycles. The Morgan fingerprint density at radius 3 is 2.54 bits per heavy atom. The first-order chi connectivity index (χ1) is 24.0. The van der Waals surface area contributed by atoms with E-state index in [9.17, 15) is 29.4 Å². The van der Waals surface area contributed by atoms with E-state index in [4.69, 9.17) is 9.47 Å². The highest BCUT2D eigenvalue weighted by Crippen LogP contribution is 2.45. The van der Waals surface area contributed by atoms with E-state index in [0.717, 1.165) is 32.1 Å². The fraction of sp³-hybridized carbons (Fsp3) is 0.526. The number of fused-ring (bicyclic) bond motifs is 4. The van der Waals surface area contributed by atoms with Gasteiger partial charge in [-0.15, -0.1) is 11.8 Å². The number of phenols is 1. The number of benzene rings is 1. The number of carbonyl (C=O) groups excluding carboxylic acids is 4. The van der Waals surface area contributed by atoms with Gasteiger partial charge in [-0.25, -0.2) is 4.79 Å². The quantitative estimate of drug-likeness (QED) is 0.111. The number of aliphatic hydroxyl groups excluding tert-OH is 1. The molecule has 1 fully saturated rings. The van der Waals surface area contributed by atoms with Gasteiger partial charge in [-0.3, -0.25) is 14.4 Å². The molecular weight excluding hydrogens is 658 g/mol. The maximum Gasteiger partial charge on any atom is 0.328 e. The minimum absolute atomic E-state index is 0.00354. The van der Waals surface area contributed by atoms with Crippen LogP contribution < -0.4 is 16.0 Å². The molecule has 3 aliphatic rings. The Morgan fingerprint density at radius 2 is 1.80 bits per heavy atom. The number of aliphatic hydroxyl groups is 1. The number of thioether (sulfide) groups is 1. The van der Waals surface area contributed by atoms with Crippen molar-refractivity contribution in [2.45, 2.75) is 108 Å². The zero-order chi connectivity index (χ0) is 36.2. The maximum atomic E-state index is 13.2. The standard InChI is InChI=1S/C38H51N3O8S/c1-23-14-13-17-27-20-29-36(50-22-32(43)40-29)33(35(27)45)41-31(42)21-28(48-4)18-11-6-5-7-12-19-30(24(2)34(23)44)49-38(47)25(3)39-37(46)26-15-9-8-10-16-26/h5-7,11-12,14,18,20,24-26,28,30,34,44-45H,8-10,13,15-17,19,21-22H2,1-4H3,(H,39,46)(H,40,43)(H,41,42). The SMILES string of the molecule is COC1C=CC=CC=CCC(OC(=O)C(C)NC(=O)C2CCCCC2)C(C)C(O)C(C)=CCCc2cc3c(c(c2O)NC(=O)C1)SCC(=O)N3. The number of amides is 3. The Morgan fingerprint density at radius 1 is 1.06 bits per heavy atom. The zero-order valence-corrected chi connectivity index (χ0v) is 30.2. The van der Waals surface area contributed by atoms with Gasteiger partial charge in [0.1, 0.15) is 17.9 Å². The molecule has 5 unspecified atom stereocenters. The second-order valence-electron chi connectivity index (χ2n) is 13.3. The normalized spacial score (nSPS) is 24.9. The zero-order valence-electron chi connectivity index (χ0n) is 29.4. The molecule has 0 aromatic heterocycles. The summed E-state index contributed by atoms with van der Waals surface area (Å²) in [6, 6.07) is 0.877. The van der Waals surface area contributed by atoms with Gasteiger partial charge in [0.25, 0.3) is 0 Å². The predicted molar refractivity (Wildman–Crippen MR) is 195 cm³/mol. The molecule has 3 amide bonds. The van der Waals surface area contributed by atoms with Crippen molar-refractivity contribution in [2.24, 2.45) is 11.8 Å². The van der Waals surface area contributed by atoms with Gasteiger partial charge in [0.2, 0.25) is 17.7 Å². The van der Waals surface area contributed by atoms with E-state index in [1.807, 2.05) is 25.2 Å². The van der Waals surface area contributed by atoms with Crippen LogP contribution in [0.5, 0.6) is 5.75 Å². The van der Waals surface area contributed by atoms with Crippen molar-refractivity contribution < 1.29 is 38.9 Å². The molecule has 1 aromatic carbocycles. The summed E-state index contributed by atoms with van der Waals surface area (Å²) in [5, 5.41) is 31.2. The molecule has 5 atom stereocenters. The van der Waals surface area contributed by atoms with Crippen LogP contribution in [-0.4, -0.2) is 71.1 Å². The van der Waals surface area contributed by atoms with E-state index >= 15 is 0 Å². The van der Waals surface area contributed by atoms with Gasteiger partial charge < -0.3 is 35.6 Å². The number of rotatable bonds is 5. The van der Waals surface area contributed by atoms with E-state index < -0.39 is 36.2 Å². The summed E-state index contributed by atoms with van der Waals surface area (Å²) in [4.78, 5) is 51.9. The first-order valence-electron chi connectivity index (χ1n) is 17.5. The number of hydrogen-bond acceptors (Lipinski definition) is 9. The van der Waals surface area contributed by atoms with Crippen molar-refractivity contribution in [3.05, 3.63) is 59.7 Å².